The standard InChI is InChI=1S/C19H18N6O2/c26-25(27)15-8-4-13(5-9-15)12-21-18-11-17(16-3-1-2-10-20-16)23-19(24-18)22-14-6-7-14/h1-5,8-11,14H,6-7,12H2,(H2,21,22,23,24). The van der Waals surface area contributed by atoms with Crippen molar-refractivity contribution in [2.24, 2.45) is 0 Å². The van der Waals surface area contributed by atoms with Gasteiger partial charge in [0.2, 0.25) is 5.95 Å². The molecule has 136 valence electrons. The van der Waals surface area contributed by atoms with Crippen molar-refractivity contribution < 1.29 is 4.92 Å². The Morgan fingerprint density at radius 1 is 1.07 bits per heavy atom. The fraction of sp³-hybridized carbons (Fsp3) is 0.211. The molecular weight excluding hydrogens is 344 g/mol. The first-order valence-electron chi connectivity index (χ1n) is 8.71. The third-order valence-electron chi connectivity index (χ3n) is 4.18. The lowest BCUT2D eigenvalue weighted by Gasteiger charge is -2.11. The lowest BCUT2D eigenvalue weighted by atomic mass is 10.2. The Bertz CT molecular complexity index is 942. The van der Waals surface area contributed by atoms with Crippen LogP contribution in [0.5, 0.6) is 0 Å². The minimum Gasteiger partial charge on any atom is -0.366 e. The van der Waals surface area contributed by atoms with Crippen LogP contribution in [-0.2, 0) is 6.54 Å². The molecule has 1 aliphatic carbocycles. The van der Waals surface area contributed by atoms with Gasteiger partial charge in [-0.2, -0.15) is 4.98 Å². The molecule has 2 heterocycles. The molecule has 0 radical (unpaired) electrons. The average Bonchev–Trinajstić information content (AvgIpc) is 3.51. The highest BCUT2D eigenvalue weighted by Crippen LogP contribution is 2.26. The molecule has 27 heavy (non-hydrogen) atoms. The summed E-state index contributed by atoms with van der Waals surface area (Å²) in [7, 11) is 0. The van der Waals surface area contributed by atoms with Crippen molar-refractivity contribution in [2.75, 3.05) is 10.6 Å². The summed E-state index contributed by atoms with van der Waals surface area (Å²) in [6.45, 7) is 0.500. The fourth-order valence-electron chi connectivity index (χ4n) is 2.59. The van der Waals surface area contributed by atoms with Gasteiger partial charge in [-0.25, -0.2) is 4.98 Å². The lowest BCUT2D eigenvalue weighted by Crippen LogP contribution is -2.09. The molecule has 2 N–H and O–H groups in total. The second-order valence-electron chi connectivity index (χ2n) is 6.37. The molecule has 2 aromatic heterocycles. The number of rotatable bonds is 7. The van der Waals surface area contributed by atoms with E-state index >= 15 is 0 Å². The van der Waals surface area contributed by atoms with Gasteiger partial charge in [0.1, 0.15) is 5.82 Å². The Balaban J connectivity index is 1.54. The maximum Gasteiger partial charge on any atom is 0.269 e. The zero-order chi connectivity index (χ0) is 18.6. The Hall–Kier alpha value is -3.55. The molecule has 4 rings (SSSR count). The summed E-state index contributed by atoms with van der Waals surface area (Å²) in [5, 5.41) is 17.3. The summed E-state index contributed by atoms with van der Waals surface area (Å²) >= 11 is 0. The summed E-state index contributed by atoms with van der Waals surface area (Å²) in [6.07, 6.45) is 3.99. The second kappa shape index (κ2) is 7.36. The summed E-state index contributed by atoms with van der Waals surface area (Å²) in [5.74, 6) is 1.25. The third-order valence-corrected chi connectivity index (χ3v) is 4.18. The Kier molecular flexibility index (Phi) is 4.61. The number of hydrogen-bond acceptors (Lipinski definition) is 7. The quantitative estimate of drug-likeness (QED) is 0.488. The van der Waals surface area contributed by atoms with Gasteiger partial charge in [-0.15, -0.1) is 0 Å². The second-order valence-corrected chi connectivity index (χ2v) is 6.37. The highest BCUT2D eigenvalue weighted by Gasteiger charge is 2.22. The number of benzene rings is 1. The van der Waals surface area contributed by atoms with Gasteiger partial charge >= 0.3 is 0 Å². The van der Waals surface area contributed by atoms with E-state index in [-0.39, 0.29) is 5.69 Å². The summed E-state index contributed by atoms with van der Waals surface area (Å²) in [5.41, 5.74) is 2.52. The molecule has 0 bridgehead atoms. The molecule has 1 aliphatic rings. The molecule has 8 heteroatoms. The van der Waals surface area contributed by atoms with E-state index in [2.05, 4.69) is 25.6 Å². The Morgan fingerprint density at radius 3 is 2.56 bits per heavy atom. The number of nitro benzene ring substituents is 1. The van der Waals surface area contributed by atoms with Crippen LogP contribution < -0.4 is 10.6 Å². The molecule has 3 aromatic rings. The van der Waals surface area contributed by atoms with E-state index in [4.69, 9.17) is 0 Å². The number of nitro groups is 1. The first-order chi connectivity index (χ1) is 13.2. The van der Waals surface area contributed by atoms with Crippen LogP contribution in [0.4, 0.5) is 17.5 Å². The molecule has 0 spiro atoms. The van der Waals surface area contributed by atoms with Crippen molar-refractivity contribution in [2.45, 2.75) is 25.4 Å². The molecule has 1 saturated carbocycles. The zero-order valence-corrected chi connectivity index (χ0v) is 14.5. The average molecular weight is 362 g/mol. The number of aromatic nitrogens is 3. The molecule has 0 atom stereocenters. The smallest absolute Gasteiger partial charge is 0.269 e. The SMILES string of the molecule is O=[N+]([O-])c1ccc(CNc2cc(-c3ccccn3)nc(NC3CC3)n2)cc1. The maximum absolute atomic E-state index is 10.8. The Labute approximate surface area is 155 Å². The van der Waals surface area contributed by atoms with Crippen LogP contribution in [0.15, 0.2) is 54.7 Å². The van der Waals surface area contributed by atoms with Crippen molar-refractivity contribution >= 4 is 17.5 Å². The fourth-order valence-corrected chi connectivity index (χ4v) is 2.59. The van der Waals surface area contributed by atoms with Gasteiger partial charge in [0.05, 0.1) is 16.3 Å². The van der Waals surface area contributed by atoms with Crippen molar-refractivity contribution in [3.05, 3.63) is 70.4 Å². The van der Waals surface area contributed by atoms with Gasteiger partial charge < -0.3 is 10.6 Å². The number of anilines is 2. The summed E-state index contributed by atoms with van der Waals surface area (Å²) in [4.78, 5) is 23.8. The van der Waals surface area contributed by atoms with E-state index in [1.807, 2.05) is 24.3 Å². The van der Waals surface area contributed by atoms with Crippen molar-refractivity contribution in [1.82, 2.24) is 15.0 Å². The highest BCUT2D eigenvalue weighted by molar-refractivity contribution is 5.61. The van der Waals surface area contributed by atoms with Crippen LogP contribution in [0, 0.1) is 10.1 Å². The number of non-ortho nitro benzene ring substituents is 1. The lowest BCUT2D eigenvalue weighted by molar-refractivity contribution is -0.384. The first-order valence-corrected chi connectivity index (χ1v) is 8.71. The Morgan fingerprint density at radius 2 is 1.89 bits per heavy atom. The van der Waals surface area contributed by atoms with Crippen LogP contribution in [0.3, 0.4) is 0 Å². The van der Waals surface area contributed by atoms with Crippen molar-refractivity contribution in [3.8, 4) is 11.4 Å². The van der Waals surface area contributed by atoms with Crippen molar-refractivity contribution in [3.63, 3.8) is 0 Å². The maximum atomic E-state index is 10.8. The van der Waals surface area contributed by atoms with E-state index in [1.165, 1.54) is 12.1 Å². The number of hydrogen-bond donors (Lipinski definition) is 2. The summed E-state index contributed by atoms with van der Waals surface area (Å²) in [6, 6.07) is 14.4. The van der Waals surface area contributed by atoms with E-state index < -0.39 is 4.92 Å². The molecule has 8 nitrogen and oxygen atoms in total. The molecule has 1 fully saturated rings. The highest BCUT2D eigenvalue weighted by atomic mass is 16.6. The molecule has 0 unspecified atom stereocenters. The molecule has 0 amide bonds. The number of nitrogens with one attached hydrogen (secondary N) is 2. The predicted molar refractivity (Wildman–Crippen MR) is 102 cm³/mol. The molecule has 0 aliphatic heterocycles. The topological polar surface area (TPSA) is 106 Å². The van der Waals surface area contributed by atoms with Crippen LogP contribution in [0.2, 0.25) is 0 Å². The number of pyridine rings is 1. The van der Waals surface area contributed by atoms with E-state index in [0.717, 1.165) is 29.8 Å². The van der Waals surface area contributed by atoms with Gasteiger partial charge in [0.25, 0.3) is 5.69 Å². The van der Waals surface area contributed by atoms with Crippen LogP contribution >= 0.6 is 0 Å². The largest absolute Gasteiger partial charge is 0.366 e. The van der Waals surface area contributed by atoms with E-state index in [0.29, 0.717) is 24.4 Å². The first kappa shape index (κ1) is 16.9. The van der Waals surface area contributed by atoms with Gasteiger partial charge in [0, 0.05) is 37.0 Å². The monoisotopic (exact) mass is 362 g/mol. The predicted octanol–water partition coefficient (Wildman–Crippen LogP) is 3.63. The third kappa shape index (κ3) is 4.35. The normalized spacial score (nSPS) is 13.2. The summed E-state index contributed by atoms with van der Waals surface area (Å²) < 4.78 is 0. The van der Waals surface area contributed by atoms with Gasteiger partial charge in [-0.3, -0.25) is 15.1 Å². The molecule has 1 aromatic carbocycles. The number of nitrogens with zero attached hydrogens (tertiary/aromatic N) is 4. The van der Waals surface area contributed by atoms with Crippen LogP contribution in [0.1, 0.15) is 18.4 Å². The van der Waals surface area contributed by atoms with Crippen LogP contribution in [-0.4, -0.2) is 25.9 Å². The molecule has 0 saturated heterocycles. The minimum atomic E-state index is -0.406. The van der Waals surface area contributed by atoms with Gasteiger partial charge in [0.15, 0.2) is 0 Å². The van der Waals surface area contributed by atoms with Gasteiger partial charge in [-0.05, 0) is 30.5 Å². The van der Waals surface area contributed by atoms with Crippen LogP contribution in [0.25, 0.3) is 11.4 Å². The minimum absolute atomic E-state index is 0.0779. The molecular formula is C19H18N6O2. The van der Waals surface area contributed by atoms with E-state index in [1.54, 1.807) is 18.3 Å². The van der Waals surface area contributed by atoms with Gasteiger partial charge in [-0.1, -0.05) is 18.2 Å². The van der Waals surface area contributed by atoms with Crippen molar-refractivity contribution in [1.29, 1.82) is 0 Å². The van der Waals surface area contributed by atoms with E-state index in [9.17, 15) is 10.1 Å². The zero-order valence-electron chi connectivity index (χ0n) is 14.5.